The molecule has 1 aliphatic heterocycles. The number of benzene rings is 1. The standard InChI is InChI=1S/C10H10ClFO3/c11-8-9(12)6(1-2-13)5-7-10(8)15-4-3-14-7/h5,13H,1-4H2. The fourth-order valence-corrected chi connectivity index (χ4v) is 1.74. The van der Waals surface area contributed by atoms with Crippen LogP contribution in [0, 0.1) is 5.82 Å². The van der Waals surface area contributed by atoms with E-state index < -0.39 is 5.82 Å². The number of fused-ring (bicyclic) bond motifs is 1. The maximum absolute atomic E-state index is 13.6. The summed E-state index contributed by atoms with van der Waals surface area (Å²) < 4.78 is 24.1. The van der Waals surface area contributed by atoms with E-state index in [1.54, 1.807) is 0 Å². The van der Waals surface area contributed by atoms with Gasteiger partial charge in [0.05, 0.1) is 0 Å². The van der Waals surface area contributed by atoms with E-state index in [0.717, 1.165) is 0 Å². The molecule has 0 aromatic heterocycles. The minimum absolute atomic E-state index is 0.0735. The van der Waals surface area contributed by atoms with Crippen molar-refractivity contribution in [3.05, 3.63) is 22.5 Å². The molecule has 1 heterocycles. The fraction of sp³-hybridized carbons (Fsp3) is 0.400. The van der Waals surface area contributed by atoms with E-state index in [2.05, 4.69) is 0 Å². The van der Waals surface area contributed by atoms with Crippen molar-refractivity contribution < 1.29 is 19.0 Å². The van der Waals surface area contributed by atoms with Crippen LogP contribution in [0.15, 0.2) is 6.07 Å². The van der Waals surface area contributed by atoms with Crippen LogP contribution in [0.1, 0.15) is 5.56 Å². The van der Waals surface area contributed by atoms with E-state index in [1.165, 1.54) is 6.07 Å². The summed E-state index contributed by atoms with van der Waals surface area (Å²) in [5.41, 5.74) is 0.340. The molecule has 15 heavy (non-hydrogen) atoms. The average Bonchev–Trinajstić information content (AvgIpc) is 2.26. The molecule has 0 spiro atoms. The highest BCUT2D eigenvalue weighted by molar-refractivity contribution is 6.32. The molecule has 3 nitrogen and oxygen atoms in total. The van der Waals surface area contributed by atoms with Gasteiger partial charge < -0.3 is 14.6 Å². The summed E-state index contributed by atoms with van der Waals surface area (Å²) in [7, 11) is 0. The molecule has 0 fully saturated rings. The zero-order chi connectivity index (χ0) is 10.8. The van der Waals surface area contributed by atoms with E-state index in [4.69, 9.17) is 26.2 Å². The van der Waals surface area contributed by atoms with Crippen molar-refractivity contribution in [3.63, 3.8) is 0 Å². The van der Waals surface area contributed by atoms with Gasteiger partial charge in [-0.2, -0.15) is 0 Å². The lowest BCUT2D eigenvalue weighted by atomic mass is 10.1. The van der Waals surface area contributed by atoms with Crippen LogP contribution >= 0.6 is 11.6 Å². The highest BCUT2D eigenvalue weighted by Crippen LogP contribution is 2.40. The highest BCUT2D eigenvalue weighted by atomic mass is 35.5. The van der Waals surface area contributed by atoms with Crippen molar-refractivity contribution in [1.82, 2.24) is 0 Å². The molecule has 1 aromatic rings. The molecule has 0 aliphatic carbocycles. The fourth-order valence-electron chi connectivity index (χ4n) is 1.48. The molecule has 0 bridgehead atoms. The molecule has 0 unspecified atom stereocenters. The van der Waals surface area contributed by atoms with Crippen LogP contribution in [0.5, 0.6) is 11.5 Å². The molecule has 1 aliphatic rings. The Labute approximate surface area is 91.4 Å². The van der Waals surface area contributed by atoms with Gasteiger partial charge in [0.15, 0.2) is 11.5 Å². The van der Waals surface area contributed by atoms with Gasteiger partial charge in [0.2, 0.25) is 0 Å². The van der Waals surface area contributed by atoms with E-state index >= 15 is 0 Å². The molecule has 0 amide bonds. The van der Waals surface area contributed by atoms with Gasteiger partial charge in [-0.05, 0) is 18.1 Å². The first-order valence-electron chi connectivity index (χ1n) is 4.61. The Hall–Kier alpha value is -1.00. The highest BCUT2D eigenvalue weighted by Gasteiger charge is 2.21. The molecule has 1 aromatic carbocycles. The predicted octanol–water partition coefficient (Wildman–Crippen LogP) is 1.79. The second kappa shape index (κ2) is 4.24. The Morgan fingerprint density at radius 2 is 2.13 bits per heavy atom. The average molecular weight is 233 g/mol. The molecule has 0 radical (unpaired) electrons. The Morgan fingerprint density at radius 3 is 2.87 bits per heavy atom. The van der Waals surface area contributed by atoms with Crippen molar-refractivity contribution in [2.45, 2.75) is 6.42 Å². The summed E-state index contributed by atoms with van der Waals surface area (Å²) in [4.78, 5) is 0. The van der Waals surface area contributed by atoms with E-state index in [0.29, 0.717) is 24.5 Å². The largest absolute Gasteiger partial charge is 0.486 e. The van der Waals surface area contributed by atoms with E-state index in [-0.39, 0.29) is 23.8 Å². The Kier molecular flexibility index (Phi) is 2.98. The number of hydrogen-bond donors (Lipinski definition) is 1. The van der Waals surface area contributed by atoms with Crippen LogP contribution in [0.4, 0.5) is 4.39 Å². The van der Waals surface area contributed by atoms with E-state index in [1.807, 2.05) is 0 Å². The number of aliphatic hydroxyl groups excluding tert-OH is 1. The molecule has 5 heteroatoms. The summed E-state index contributed by atoms with van der Waals surface area (Å²) in [6.45, 7) is 0.659. The maximum Gasteiger partial charge on any atom is 0.182 e. The topological polar surface area (TPSA) is 38.7 Å². The minimum atomic E-state index is -0.546. The summed E-state index contributed by atoms with van der Waals surface area (Å²) in [5.74, 6) is 0.146. The third-order valence-corrected chi connectivity index (χ3v) is 2.51. The lowest BCUT2D eigenvalue weighted by molar-refractivity contribution is 0.170. The zero-order valence-electron chi connectivity index (χ0n) is 7.93. The molecular weight excluding hydrogens is 223 g/mol. The summed E-state index contributed by atoms with van der Waals surface area (Å²) >= 11 is 5.79. The molecular formula is C10H10ClFO3. The molecule has 0 saturated carbocycles. The van der Waals surface area contributed by atoms with Crippen molar-refractivity contribution in [2.24, 2.45) is 0 Å². The van der Waals surface area contributed by atoms with Gasteiger partial charge in [-0.1, -0.05) is 11.6 Å². The predicted molar refractivity (Wildman–Crippen MR) is 53.2 cm³/mol. The van der Waals surface area contributed by atoms with Crippen molar-refractivity contribution in [2.75, 3.05) is 19.8 Å². The minimum Gasteiger partial charge on any atom is -0.486 e. The number of halogens is 2. The summed E-state index contributed by atoms with van der Waals surface area (Å²) in [5, 5.41) is 8.68. The van der Waals surface area contributed by atoms with Gasteiger partial charge in [0, 0.05) is 6.61 Å². The third kappa shape index (κ3) is 1.87. The number of hydrogen-bond acceptors (Lipinski definition) is 3. The zero-order valence-corrected chi connectivity index (χ0v) is 8.68. The quantitative estimate of drug-likeness (QED) is 0.845. The Morgan fingerprint density at radius 1 is 1.40 bits per heavy atom. The van der Waals surface area contributed by atoms with Crippen molar-refractivity contribution >= 4 is 11.6 Å². The van der Waals surface area contributed by atoms with Gasteiger partial charge in [-0.3, -0.25) is 0 Å². The van der Waals surface area contributed by atoms with Crippen LogP contribution in [-0.2, 0) is 6.42 Å². The molecule has 2 rings (SSSR count). The molecule has 0 saturated heterocycles. The van der Waals surface area contributed by atoms with Gasteiger partial charge in [0.25, 0.3) is 0 Å². The number of ether oxygens (including phenoxy) is 2. The van der Waals surface area contributed by atoms with Crippen LogP contribution in [0.3, 0.4) is 0 Å². The Balaban J connectivity index is 2.47. The molecule has 0 atom stereocenters. The SMILES string of the molecule is OCCc1cc2c(c(Cl)c1F)OCCO2. The first-order chi connectivity index (χ1) is 7.24. The van der Waals surface area contributed by atoms with Gasteiger partial charge >= 0.3 is 0 Å². The first-order valence-corrected chi connectivity index (χ1v) is 4.99. The van der Waals surface area contributed by atoms with Gasteiger partial charge in [-0.25, -0.2) is 4.39 Å². The monoisotopic (exact) mass is 232 g/mol. The van der Waals surface area contributed by atoms with Crippen LogP contribution in [0.25, 0.3) is 0 Å². The van der Waals surface area contributed by atoms with Gasteiger partial charge in [-0.15, -0.1) is 0 Å². The third-order valence-electron chi connectivity index (χ3n) is 2.17. The molecule has 1 N–H and O–H groups in total. The first kappa shape index (κ1) is 10.5. The molecule has 82 valence electrons. The van der Waals surface area contributed by atoms with E-state index in [9.17, 15) is 4.39 Å². The normalized spacial score (nSPS) is 14.1. The lowest BCUT2D eigenvalue weighted by Crippen LogP contribution is -2.16. The smallest absolute Gasteiger partial charge is 0.182 e. The number of rotatable bonds is 2. The lowest BCUT2D eigenvalue weighted by Gasteiger charge is -2.20. The van der Waals surface area contributed by atoms with Gasteiger partial charge in [0.1, 0.15) is 24.1 Å². The van der Waals surface area contributed by atoms with Crippen LogP contribution < -0.4 is 9.47 Å². The number of aliphatic hydroxyl groups is 1. The van der Waals surface area contributed by atoms with Crippen molar-refractivity contribution in [1.29, 1.82) is 0 Å². The maximum atomic E-state index is 13.6. The summed E-state index contributed by atoms with van der Waals surface area (Å²) in [6.07, 6.45) is 0.211. The second-order valence-electron chi connectivity index (χ2n) is 3.16. The Bertz CT molecular complexity index is 381. The van der Waals surface area contributed by atoms with Crippen LogP contribution in [-0.4, -0.2) is 24.9 Å². The summed E-state index contributed by atoms with van der Waals surface area (Å²) in [6, 6.07) is 1.52. The van der Waals surface area contributed by atoms with Crippen LogP contribution in [0.2, 0.25) is 5.02 Å². The second-order valence-corrected chi connectivity index (χ2v) is 3.54. The van der Waals surface area contributed by atoms with Crippen molar-refractivity contribution in [3.8, 4) is 11.5 Å².